The lowest BCUT2D eigenvalue weighted by molar-refractivity contribution is 0.0729. The highest BCUT2D eigenvalue weighted by molar-refractivity contribution is 6.04. The third-order valence-corrected chi connectivity index (χ3v) is 3.42. The van der Waals surface area contributed by atoms with Crippen LogP contribution >= 0.6 is 0 Å². The Labute approximate surface area is 139 Å². The van der Waals surface area contributed by atoms with Gasteiger partial charge in [-0.1, -0.05) is 17.7 Å². The summed E-state index contributed by atoms with van der Waals surface area (Å²) >= 11 is 0. The first-order valence-electron chi connectivity index (χ1n) is 7.45. The van der Waals surface area contributed by atoms with Gasteiger partial charge in [-0.3, -0.25) is 4.79 Å². The van der Waals surface area contributed by atoms with Crippen LogP contribution in [0.2, 0.25) is 0 Å². The normalized spacial score (nSPS) is 10.2. The maximum atomic E-state index is 12.2. The lowest BCUT2D eigenvalue weighted by atomic mass is 10.1. The number of amides is 1. The Morgan fingerprint density at radius 3 is 2.46 bits per heavy atom. The second-order valence-corrected chi connectivity index (χ2v) is 5.32. The SMILES string of the molecule is Cc1cccc(C(=O)Nc2ccc(OC(=O)c3ccc[nH]3)cc2)c1. The Morgan fingerprint density at radius 1 is 1.00 bits per heavy atom. The number of hydrogen-bond donors (Lipinski definition) is 2. The molecule has 0 fully saturated rings. The van der Waals surface area contributed by atoms with Crippen molar-refractivity contribution < 1.29 is 14.3 Å². The van der Waals surface area contributed by atoms with Crippen LogP contribution in [-0.4, -0.2) is 16.9 Å². The van der Waals surface area contributed by atoms with Gasteiger partial charge in [-0.25, -0.2) is 4.79 Å². The molecule has 0 saturated carbocycles. The number of carbonyl (C=O) groups is 2. The molecule has 2 aromatic carbocycles. The van der Waals surface area contributed by atoms with Crippen molar-refractivity contribution >= 4 is 17.6 Å². The zero-order valence-corrected chi connectivity index (χ0v) is 13.1. The number of nitrogens with one attached hydrogen (secondary N) is 2. The molecule has 1 aromatic heterocycles. The molecule has 0 aliphatic rings. The standard InChI is InChI=1S/C19H16N2O3/c1-13-4-2-5-14(12-13)18(22)21-15-7-9-16(10-8-15)24-19(23)17-6-3-11-20-17/h2-12,20H,1H3,(H,21,22). The van der Waals surface area contributed by atoms with Crippen LogP contribution in [0.25, 0.3) is 0 Å². The van der Waals surface area contributed by atoms with Crippen LogP contribution < -0.4 is 10.1 Å². The Bertz CT molecular complexity index is 853. The highest BCUT2D eigenvalue weighted by atomic mass is 16.5. The summed E-state index contributed by atoms with van der Waals surface area (Å²) in [5.41, 5.74) is 2.62. The fraction of sp³-hybridized carbons (Fsp3) is 0.0526. The fourth-order valence-electron chi connectivity index (χ4n) is 2.22. The summed E-state index contributed by atoms with van der Waals surface area (Å²) < 4.78 is 5.24. The van der Waals surface area contributed by atoms with E-state index in [9.17, 15) is 9.59 Å². The number of aromatic nitrogens is 1. The zero-order chi connectivity index (χ0) is 16.9. The minimum atomic E-state index is -0.462. The maximum Gasteiger partial charge on any atom is 0.360 e. The average molecular weight is 320 g/mol. The lowest BCUT2D eigenvalue weighted by Crippen LogP contribution is -2.12. The van der Waals surface area contributed by atoms with Crippen LogP contribution in [0.15, 0.2) is 66.9 Å². The fourth-order valence-corrected chi connectivity index (χ4v) is 2.22. The summed E-state index contributed by atoms with van der Waals surface area (Å²) in [7, 11) is 0. The van der Waals surface area contributed by atoms with Crippen molar-refractivity contribution in [1.82, 2.24) is 4.98 Å². The molecule has 0 radical (unpaired) electrons. The molecule has 0 unspecified atom stereocenters. The molecule has 1 heterocycles. The van der Waals surface area contributed by atoms with E-state index in [1.165, 1.54) is 0 Å². The molecule has 0 atom stereocenters. The zero-order valence-electron chi connectivity index (χ0n) is 13.1. The largest absolute Gasteiger partial charge is 0.422 e. The molecule has 24 heavy (non-hydrogen) atoms. The van der Waals surface area contributed by atoms with Gasteiger partial charge in [0.2, 0.25) is 0 Å². The van der Waals surface area contributed by atoms with Crippen molar-refractivity contribution in [2.75, 3.05) is 5.32 Å². The quantitative estimate of drug-likeness (QED) is 0.567. The van der Waals surface area contributed by atoms with E-state index < -0.39 is 5.97 Å². The summed E-state index contributed by atoms with van der Waals surface area (Å²) in [5, 5.41) is 2.81. The van der Waals surface area contributed by atoms with E-state index >= 15 is 0 Å². The van der Waals surface area contributed by atoms with Gasteiger partial charge in [-0.05, 0) is 55.5 Å². The number of benzene rings is 2. The summed E-state index contributed by atoms with van der Waals surface area (Å²) in [5.74, 6) is -0.241. The van der Waals surface area contributed by atoms with E-state index in [1.807, 2.05) is 25.1 Å². The molecular weight excluding hydrogens is 304 g/mol. The first-order chi connectivity index (χ1) is 11.6. The molecule has 3 aromatic rings. The van der Waals surface area contributed by atoms with Gasteiger partial charge in [-0.2, -0.15) is 0 Å². The first kappa shape index (κ1) is 15.6. The Morgan fingerprint density at radius 2 is 1.79 bits per heavy atom. The highest BCUT2D eigenvalue weighted by Gasteiger charge is 2.10. The van der Waals surface area contributed by atoms with Crippen LogP contribution in [0.1, 0.15) is 26.4 Å². The molecule has 2 N–H and O–H groups in total. The Balaban J connectivity index is 1.64. The number of hydrogen-bond acceptors (Lipinski definition) is 3. The third-order valence-electron chi connectivity index (χ3n) is 3.42. The predicted octanol–water partition coefficient (Wildman–Crippen LogP) is 3.79. The van der Waals surface area contributed by atoms with E-state index in [4.69, 9.17) is 4.74 Å². The van der Waals surface area contributed by atoms with Gasteiger partial charge >= 0.3 is 5.97 Å². The van der Waals surface area contributed by atoms with Gasteiger partial charge in [0, 0.05) is 17.4 Å². The number of H-pyrrole nitrogens is 1. The van der Waals surface area contributed by atoms with Crippen LogP contribution in [0.5, 0.6) is 5.75 Å². The van der Waals surface area contributed by atoms with Crippen molar-refractivity contribution in [3.05, 3.63) is 83.7 Å². The number of ether oxygens (including phenoxy) is 1. The Kier molecular flexibility index (Phi) is 4.43. The van der Waals surface area contributed by atoms with Crippen molar-refractivity contribution in [2.45, 2.75) is 6.92 Å². The number of aromatic amines is 1. The second kappa shape index (κ2) is 6.83. The second-order valence-electron chi connectivity index (χ2n) is 5.32. The van der Waals surface area contributed by atoms with Gasteiger partial charge < -0.3 is 15.0 Å². The molecule has 120 valence electrons. The molecule has 5 heteroatoms. The van der Waals surface area contributed by atoms with Crippen molar-refractivity contribution in [2.24, 2.45) is 0 Å². The summed E-state index contributed by atoms with van der Waals surface area (Å²) in [6.45, 7) is 1.93. The minimum Gasteiger partial charge on any atom is -0.422 e. The topological polar surface area (TPSA) is 71.2 Å². The first-order valence-corrected chi connectivity index (χ1v) is 7.45. The molecule has 3 rings (SSSR count). The van der Waals surface area contributed by atoms with E-state index in [0.717, 1.165) is 5.56 Å². The van der Waals surface area contributed by atoms with Gasteiger partial charge in [0.05, 0.1) is 0 Å². The predicted molar refractivity (Wildman–Crippen MR) is 91.3 cm³/mol. The van der Waals surface area contributed by atoms with Gasteiger partial charge in [-0.15, -0.1) is 0 Å². The van der Waals surface area contributed by atoms with Crippen LogP contribution in [0.3, 0.4) is 0 Å². The third kappa shape index (κ3) is 3.70. The molecule has 1 amide bonds. The molecule has 0 spiro atoms. The molecule has 0 saturated heterocycles. The number of rotatable bonds is 4. The van der Waals surface area contributed by atoms with Crippen LogP contribution in [0, 0.1) is 6.92 Å². The summed E-state index contributed by atoms with van der Waals surface area (Å²) in [4.78, 5) is 26.8. The van der Waals surface area contributed by atoms with E-state index in [0.29, 0.717) is 22.7 Å². The molecular formula is C19H16N2O3. The number of anilines is 1. The number of carbonyl (C=O) groups excluding carboxylic acids is 2. The molecule has 5 nitrogen and oxygen atoms in total. The lowest BCUT2D eigenvalue weighted by Gasteiger charge is -2.07. The van der Waals surface area contributed by atoms with Crippen molar-refractivity contribution in [3.63, 3.8) is 0 Å². The van der Waals surface area contributed by atoms with Gasteiger partial charge in [0.15, 0.2) is 0 Å². The molecule has 0 aliphatic heterocycles. The number of esters is 1. The van der Waals surface area contributed by atoms with E-state index in [2.05, 4.69) is 10.3 Å². The monoisotopic (exact) mass is 320 g/mol. The average Bonchev–Trinajstić information content (AvgIpc) is 3.11. The molecule has 0 bridgehead atoms. The van der Waals surface area contributed by atoms with Crippen LogP contribution in [-0.2, 0) is 0 Å². The highest BCUT2D eigenvalue weighted by Crippen LogP contribution is 2.18. The van der Waals surface area contributed by atoms with Gasteiger partial charge in [0.1, 0.15) is 11.4 Å². The van der Waals surface area contributed by atoms with E-state index in [1.54, 1.807) is 48.7 Å². The smallest absolute Gasteiger partial charge is 0.360 e. The number of aryl methyl sites for hydroxylation is 1. The summed E-state index contributed by atoms with van der Waals surface area (Å²) in [6.07, 6.45) is 1.65. The van der Waals surface area contributed by atoms with Crippen molar-refractivity contribution in [1.29, 1.82) is 0 Å². The Hall–Kier alpha value is -3.34. The van der Waals surface area contributed by atoms with Gasteiger partial charge in [0.25, 0.3) is 5.91 Å². The maximum absolute atomic E-state index is 12.2. The summed E-state index contributed by atoms with van der Waals surface area (Å²) in [6, 6.07) is 17.4. The van der Waals surface area contributed by atoms with Crippen LogP contribution in [0.4, 0.5) is 5.69 Å². The van der Waals surface area contributed by atoms with Crippen molar-refractivity contribution in [3.8, 4) is 5.75 Å². The minimum absolute atomic E-state index is 0.185. The van der Waals surface area contributed by atoms with E-state index in [-0.39, 0.29) is 5.91 Å². The molecule has 0 aliphatic carbocycles.